The van der Waals surface area contributed by atoms with Crippen LogP contribution in [0.25, 0.3) is 0 Å². The molecule has 0 bridgehead atoms. The van der Waals surface area contributed by atoms with E-state index in [1.165, 1.54) is 0 Å². The summed E-state index contributed by atoms with van der Waals surface area (Å²) in [4.78, 5) is 23.4. The number of carboxylic acids is 2. The standard InChI is InChI=1S/C20H29ClN2O5/c1-3-5-12(2)8-9-15(19(24)25)23-17-16(11-22-18(17)20(26)27)28-14-7-4-6-13(21)10-14/h4,6-7,10,12,15-18,22-23H,3,5,8-9,11H2,1-2H3,(H,24,25)(H,26,27)/t12-,15+,16+,17-,18?/m1/s1. The molecule has 156 valence electrons. The zero-order chi connectivity index (χ0) is 20.7. The molecular weight excluding hydrogens is 384 g/mol. The molecule has 1 aliphatic rings. The molecule has 1 aromatic rings. The zero-order valence-corrected chi connectivity index (χ0v) is 17.0. The van der Waals surface area contributed by atoms with Gasteiger partial charge in [-0.2, -0.15) is 0 Å². The second-order valence-corrected chi connectivity index (χ2v) is 7.83. The number of carboxylic acid groups (broad SMARTS) is 2. The molecular formula is C20H29ClN2O5. The summed E-state index contributed by atoms with van der Waals surface area (Å²) >= 11 is 5.99. The van der Waals surface area contributed by atoms with E-state index < -0.39 is 36.2 Å². The molecule has 1 fully saturated rings. The van der Waals surface area contributed by atoms with Gasteiger partial charge in [-0.25, -0.2) is 0 Å². The highest BCUT2D eigenvalue weighted by atomic mass is 35.5. The van der Waals surface area contributed by atoms with Crippen molar-refractivity contribution in [2.24, 2.45) is 5.92 Å². The lowest BCUT2D eigenvalue weighted by Gasteiger charge is -2.27. The third-order valence-electron chi connectivity index (χ3n) is 5.07. The predicted molar refractivity (Wildman–Crippen MR) is 107 cm³/mol. The van der Waals surface area contributed by atoms with Crippen LogP contribution < -0.4 is 15.4 Å². The van der Waals surface area contributed by atoms with E-state index >= 15 is 0 Å². The molecule has 0 radical (unpaired) electrons. The van der Waals surface area contributed by atoms with E-state index in [1.54, 1.807) is 24.3 Å². The highest BCUT2D eigenvalue weighted by molar-refractivity contribution is 6.30. The fraction of sp³-hybridized carbons (Fsp3) is 0.600. The van der Waals surface area contributed by atoms with Crippen LogP contribution in [-0.4, -0.2) is 52.9 Å². The van der Waals surface area contributed by atoms with Crippen LogP contribution in [0.15, 0.2) is 24.3 Å². The molecule has 8 heteroatoms. The number of aliphatic carboxylic acids is 2. The van der Waals surface area contributed by atoms with Crippen LogP contribution >= 0.6 is 11.6 Å². The average molecular weight is 413 g/mol. The molecule has 1 unspecified atom stereocenters. The maximum atomic E-state index is 11.8. The number of hydrogen-bond acceptors (Lipinski definition) is 5. The van der Waals surface area contributed by atoms with Crippen LogP contribution in [0.4, 0.5) is 0 Å². The minimum atomic E-state index is -1.04. The number of carbonyl (C=O) groups is 2. The number of ether oxygens (including phenoxy) is 1. The molecule has 1 saturated heterocycles. The lowest BCUT2D eigenvalue weighted by atomic mass is 9.96. The minimum Gasteiger partial charge on any atom is -0.487 e. The van der Waals surface area contributed by atoms with Gasteiger partial charge in [0.15, 0.2) is 0 Å². The first-order valence-corrected chi connectivity index (χ1v) is 10.1. The van der Waals surface area contributed by atoms with Crippen molar-refractivity contribution < 1.29 is 24.5 Å². The van der Waals surface area contributed by atoms with Crippen molar-refractivity contribution in [1.82, 2.24) is 10.6 Å². The lowest BCUT2D eigenvalue weighted by molar-refractivity contribution is -0.143. The van der Waals surface area contributed by atoms with Gasteiger partial charge in [0, 0.05) is 11.6 Å². The van der Waals surface area contributed by atoms with Crippen LogP contribution in [0.2, 0.25) is 5.02 Å². The smallest absolute Gasteiger partial charge is 0.322 e. The maximum absolute atomic E-state index is 11.8. The summed E-state index contributed by atoms with van der Waals surface area (Å²) in [7, 11) is 0. The summed E-state index contributed by atoms with van der Waals surface area (Å²) in [5.41, 5.74) is 0. The van der Waals surface area contributed by atoms with Crippen molar-refractivity contribution in [1.29, 1.82) is 0 Å². The SMILES string of the molecule is CCC[C@@H](C)CC[C@H](N[C@H]1C(C(=O)O)NC[C@@H]1Oc1cccc(Cl)c1)C(=O)O. The Labute approximate surface area is 170 Å². The van der Waals surface area contributed by atoms with Crippen molar-refractivity contribution >= 4 is 23.5 Å². The van der Waals surface area contributed by atoms with Gasteiger partial charge in [-0.3, -0.25) is 20.2 Å². The number of benzene rings is 1. The molecule has 28 heavy (non-hydrogen) atoms. The Morgan fingerprint density at radius 2 is 2.07 bits per heavy atom. The molecule has 0 aromatic heterocycles. The lowest BCUT2D eigenvalue weighted by Crippen LogP contribution is -2.55. The van der Waals surface area contributed by atoms with Crippen LogP contribution in [0.1, 0.15) is 39.5 Å². The topological polar surface area (TPSA) is 108 Å². The fourth-order valence-electron chi connectivity index (χ4n) is 3.58. The van der Waals surface area contributed by atoms with Crippen LogP contribution in [0, 0.1) is 5.92 Å². The van der Waals surface area contributed by atoms with Gasteiger partial charge in [-0.15, -0.1) is 0 Å². The summed E-state index contributed by atoms with van der Waals surface area (Å²) in [6, 6.07) is 4.39. The normalized spacial score (nSPS) is 23.9. The number of nitrogens with one attached hydrogen (secondary N) is 2. The molecule has 2 rings (SSSR count). The largest absolute Gasteiger partial charge is 0.487 e. The Bertz CT molecular complexity index is 672. The van der Waals surface area contributed by atoms with E-state index in [1.807, 2.05) is 0 Å². The quantitative estimate of drug-likeness (QED) is 0.442. The van der Waals surface area contributed by atoms with Gasteiger partial charge in [-0.05, 0) is 37.0 Å². The van der Waals surface area contributed by atoms with Gasteiger partial charge in [0.25, 0.3) is 0 Å². The number of halogens is 1. The zero-order valence-electron chi connectivity index (χ0n) is 16.2. The van der Waals surface area contributed by atoms with E-state index in [-0.39, 0.29) is 0 Å². The molecule has 5 atom stereocenters. The summed E-state index contributed by atoms with van der Waals surface area (Å²) in [6.45, 7) is 4.49. The van der Waals surface area contributed by atoms with Crippen molar-refractivity contribution in [3.8, 4) is 5.75 Å². The first-order chi connectivity index (χ1) is 13.3. The van der Waals surface area contributed by atoms with Gasteiger partial charge >= 0.3 is 11.9 Å². The summed E-state index contributed by atoms with van der Waals surface area (Å²) < 4.78 is 5.93. The third-order valence-corrected chi connectivity index (χ3v) is 5.30. The monoisotopic (exact) mass is 412 g/mol. The molecule has 0 saturated carbocycles. The molecule has 0 aliphatic carbocycles. The second-order valence-electron chi connectivity index (χ2n) is 7.39. The van der Waals surface area contributed by atoms with E-state index in [0.717, 1.165) is 19.3 Å². The molecule has 0 spiro atoms. The van der Waals surface area contributed by atoms with E-state index in [9.17, 15) is 19.8 Å². The highest BCUT2D eigenvalue weighted by Crippen LogP contribution is 2.23. The third kappa shape index (κ3) is 6.36. The van der Waals surface area contributed by atoms with Crippen molar-refractivity contribution in [3.05, 3.63) is 29.3 Å². The Morgan fingerprint density at radius 1 is 1.32 bits per heavy atom. The van der Waals surface area contributed by atoms with Gasteiger partial charge < -0.3 is 14.9 Å². The molecule has 1 aromatic carbocycles. The predicted octanol–water partition coefficient (Wildman–Crippen LogP) is 2.77. The highest BCUT2D eigenvalue weighted by Gasteiger charge is 2.43. The van der Waals surface area contributed by atoms with Gasteiger partial charge in [0.05, 0.1) is 6.04 Å². The molecule has 0 amide bonds. The Balaban J connectivity index is 2.10. The number of hydrogen-bond donors (Lipinski definition) is 4. The average Bonchev–Trinajstić information content (AvgIpc) is 3.01. The molecule has 1 heterocycles. The first-order valence-electron chi connectivity index (χ1n) is 9.69. The molecule has 4 N–H and O–H groups in total. The van der Waals surface area contributed by atoms with E-state index in [2.05, 4.69) is 24.5 Å². The van der Waals surface area contributed by atoms with Crippen LogP contribution in [0.5, 0.6) is 5.75 Å². The van der Waals surface area contributed by atoms with Crippen molar-refractivity contribution in [2.45, 2.75) is 63.8 Å². The maximum Gasteiger partial charge on any atom is 0.322 e. The molecule has 7 nitrogen and oxygen atoms in total. The summed E-state index contributed by atoms with van der Waals surface area (Å²) in [5, 5.41) is 25.6. The van der Waals surface area contributed by atoms with E-state index in [0.29, 0.717) is 29.7 Å². The Hall–Kier alpha value is -1.83. The molecule has 1 aliphatic heterocycles. The minimum absolute atomic E-state index is 0.291. The summed E-state index contributed by atoms with van der Waals surface area (Å²) in [5.74, 6) is -1.09. The van der Waals surface area contributed by atoms with Gasteiger partial charge in [-0.1, -0.05) is 44.4 Å². The summed E-state index contributed by atoms with van der Waals surface area (Å²) in [6.07, 6.45) is 2.75. The van der Waals surface area contributed by atoms with Crippen molar-refractivity contribution in [3.63, 3.8) is 0 Å². The van der Waals surface area contributed by atoms with E-state index in [4.69, 9.17) is 16.3 Å². The van der Waals surface area contributed by atoms with Gasteiger partial charge in [0.1, 0.15) is 23.9 Å². The van der Waals surface area contributed by atoms with Crippen LogP contribution in [-0.2, 0) is 9.59 Å². The first kappa shape index (κ1) is 22.5. The van der Waals surface area contributed by atoms with Gasteiger partial charge in [0.2, 0.25) is 0 Å². The van der Waals surface area contributed by atoms with Crippen LogP contribution in [0.3, 0.4) is 0 Å². The Kier molecular flexibility index (Phi) is 8.54. The van der Waals surface area contributed by atoms with Crippen molar-refractivity contribution in [2.75, 3.05) is 6.54 Å². The number of rotatable bonds is 11. The fourth-order valence-corrected chi connectivity index (χ4v) is 3.77. The second kappa shape index (κ2) is 10.6. The Morgan fingerprint density at radius 3 is 2.68 bits per heavy atom.